The highest BCUT2D eigenvalue weighted by Crippen LogP contribution is 2.26. The highest BCUT2D eigenvalue weighted by Gasteiger charge is 2.24. The lowest BCUT2D eigenvalue weighted by Crippen LogP contribution is -2.27. The summed E-state index contributed by atoms with van der Waals surface area (Å²) in [5.41, 5.74) is 2.82. The molecule has 3 rings (SSSR count). The Labute approximate surface area is 124 Å². The summed E-state index contributed by atoms with van der Waals surface area (Å²) in [6.45, 7) is 2.86. The number of amides is 1. The fourth-order valence-electron chi connectivity index (χ4n) is 2.86. The number of H-pyrrole nitrogens is 1. The number of carbonyl (C=O) groups is 1. The molecule has 2 heterocycles. The molecule has 1 aliphatic carbocycles. The van der Waals surface area contributed by atoms with Gasteiger partial charge >= 0.3 is 0 Å². The highest BCUT2D eigenvalue weighted by atomic mass is 16.3. The third-order valence-corrected chi connectivity index (χ3v) is 4.07. The number of hydrogen-bond donors (Lipinski definition) is 2. The van der Waals surface area contributed by atoms with E-state index >= 15 is 0 Å². The van der Waals surface area contributed by atoms with Crippen LogP contribution in [0.2, 0.25) is 0 Å². The van der Waals surface area contributed by atoms with E-state index in [4.69, 9.17) is 4.42 Å². The van der Waals surface area contributed by atoms with E-state index < -0.39 is 0 Å². The first-order chi connectivity index (χ1) is 10.2. The van der Waals surface area contributed by atoms with Crippen LogP contribution in [0.1, 0.15) is 47.3 Å². The van der Waals surface area contributed by atoms with Gasteiger partial charge in [0.05, 0.1) is 6.26 Å². The van der Waals surface area contributed by atoms with Gasteiger partial charge in [0.2, 0.25) is 0 Å². The SMILES string of the molecule is C[C@H]1CCc2[nH]nc(C(=O)NCCCc3ccco3)c2C1. The van der Waals surface area contributed by atoms with Crippen molar-refractivity contribution >= 4 is 5.91 Å². The minimum Gasteiger partial charge on any atom is -0.469 e. The quantitative estimate of drug-likeness (QED) is 0.830. The summed E-state index contributed by atoms with van der Waals surface area (Å²) < 4.78 is 5.27. The molecule has 2 N–H and O–H groups in total. The first kappa shape index (κ1) is 13.9. The van der Waals surface area contributed by atoms with Gasteiger partial charge in [0, 0.05) is 24.2 Å². The van der Waals surface area contributed by atoms with Crippen LogP contribution in [0.3, 0.4) is 0 Å². The molecule has 0 aromatic carbocycles. The summed E-state index contributed by atoms with van der Waals surface area (Å²) in [5, 5.41) is 10.2. The fourth-order valence-corrected chi connectivity index (χ4v) is 2.86. The number of hydrogen-bond acceptors (Lipinski definition) is 3. The molecule has 0 saturated heterocycles. The first-order valence-corrected chi connectivity index (χ1v) is 7.60. The van der Waals surface area contributed by atoms with E-state index in [1.165, 1.54) is 6.42 Å². The number of aromatic nitrogens is 2. The van der Waals surface area contributed by atoms with Gasteiger partial charge in [-0.15, -0.1) is 0 Å². The molecule has 5 nitrogen and oxygen atoms in total. The maximum Gasteiger partial charge on any atom is 0.272 e. The Bertz CT molecular complexity index is 601. The van der Waals surface area contributed by atoms with Gasteiger partial charge in [-0.25, -0.2) is 0 Å². The van der Waals surface area contributed by atoms with Crippen molar-refractivity contribution in [1.29, 1.82) is 0 Å². The molecule has 0 spiro atoms. The molecule has 0 radical (unpaired) electrons. The zero-order chi connectivity index (χ0) is 14.7. The Morgan fingerprint density at radius 2 is 2.48 bits per heavy atom. The summed E-state index contributed by atoms with van der Waals surface area (Å²) in [7, 11) is 0. The maximum absolute atomic E-state index is 12.2. The molecule has 0 bridgehead atoms. The number of rotatable bonds is 5. The van der Waals surface area contributed by atoms with E-state index in [2.05, 4.69) is 22.4 Å². The van der Waals surface area contributed by atoms with Crippen LogP contribution in [0, 0.1) is 5.92 Å². The first-order valence-electron chi connectivity index (χ1n) is 7.60. The monoisotopic (exact) mass is 287 g/mol. The standard InChI is InChI=1S/C16H21N3O2/c1-11-6-7-14-13(10-11)15(19-18-14)16(20)17-8-2-4-12-5-3-9-21-12/h3,5,9,11H,2,4,6-8,10H2,1H3,(H,17,20)(H,18,19)/t11-/m0/s1. The number of nitrogens with zero attached hydrogens (tertiary/aromatic N) is 1. The van der Waals surface area contributed by atoms with Crippen LogP contribution >= 0.6 is 0 Å². The topological polar surface area (TPSA) is 70.9 Å². The molecule has 1 atom stereocenters. The second kappa shape index (κ2) is 6.16. The van der Waals surface area contributed by atoms with Gasteiger partial charge in [0.1, 0.15) is 5.76 Å². The molecular weight excluding hydrogens is 266 g/mol. The van der Waals surface area contributed by atoms with Crippen LogP contribution in [0.5, 0.6) is 0 Å². The smallest absolute Gasteiger partial charge is 0.272 e. The lowest BCUT2D eigenvalue weighted by Gasteiger charge is -2.17. The van der Waals surface area contributed by atoms with Gasteiger partial charge < -0.3 is 9.73 Å². The Morgan fingerprint density at radius 1 is 1.57 bits per heavy atom. The van der Waals surface area contributed by atoms with Crippen molar-refractivity contribution in [3.8, 4) is 0 Å². The van der Waals surface area contributed by atoms with Crippen LogP contribution in [0.25, 0.3) is 0 Å². The molecule has 1 aliphatic rings. The lowest BCUT2D eigenvalue weighted by molar-refractivity contribution is 0.0946. The zero-order valence-corrected chi connectivity index (χ0v) is 12.3. The summed E-state index contributed by atoms with van der Waals surface area (Å²) in [5.74, 6) is 1.51. The normalized spacial score (nSPS) is 17.5. The highest BCUT2D eigenvalue weighted by molar-refractivity contribution is 5.94. The van der Waals surface area contributed by atoms with Crippen molar-refractivity contribution in [3.05, 3.63) is 41.1 Å². The van der Waals surface area contributed by atoms with E-state index in [-0.39, 0.29) is 5.91 Å². The van der Waals surface area contributed by atoms with Gasteiger partial charge in [-0.3, -0.25) is 9.89 Å². The molecular formula is C16H21N3O2. The lowest BCUT2D eigenvalue weighted by atomic mass is 9.87. The van der Waals surface area contributed by atoms with E-state index in [9.17, 15) is 4.79 Å². The Kier molecular flexibility index (Phi) is 4.08. The molecule has 5 heteroatoms. The number of aromatic amines is 1. The van der Waals surface area contributed by atoms with Crippen LogP contribution in [0.15, 0.2) is 22.8 Å². The third kappa shape index (κ3) is 3.17. The van der Waals surface area contributed by atoms with Gasteiger partial charge in [0.25, 0.3) is 5.91 Å². The molecule has 112 valence electrons. The van der Waals surface area contributed by atoms with Crippen molar-refractivity contribution in [2.75, 3.05) is 6.54 Å². The van der Waals surface area contributed by atoms with Crippen molar-refractivity contribution in [2.45, 2.75) is 39.0 Å². The van der Waals surface area contributed by atoms with E-state index in [1.807, 2.05) is 12.1 Å². The van der Waals surface area contributed by atoms with Crippen molar-refractivity contribution in [3.63, 3.8) is 0 Å². The van der Waals surface area contributed by atoms with Gasteiger partial charge in [-0.1, -0.05) is 6.92 Å². The molecule has 21 heavy (non-hydrogen) atoms. The van der Waals surface area contributed by atoms with E-state index in [0.29, 0.717) is 18.2 Å². The van der Waals surface area contributed by atoms with Crippen molar-refractivity contribution < 1.29 is 9.21 Å². The van der Waals surface area contributed by atoms with E-state index in [0.717, 1.165) is 42.7 Å². The fraction of sp³-hybridized carbons (Fsp3) is 0.500. The molecule has 0 aliphatic heterocycles. The number of furan rings is 1. The third-order valence-electron chi connectivity index (χ3n) is 4.07. The van der Waals surface area contributed by atoms with Gasteiger partial charge in [-0.2, -0.15) is 5.10 Å². The van der Waals surface area contributed by atoms with Crippen molar-refractivity contribution in [2.24, 2.45) is 5.92 Å². The Morgan fingerprint density at radius 3 is 3.29 bits per heavy atom. The van der Waals surface area contributed by atoms with Crippen LogP contribution in [-0.4, -0.2) is 22.6 Å². The minimum absolute atomic E-state index is 0.0685. The molecule has 2 aromatic rings. The van der Waals surface area contributed by atoms with Gasteiger partial charge in [0.15, 0.2) is 5.69 Å². The second-order valence-corrected chi connectivity index (χ2v) is 5.82. The van der Waals surface area contributed by atoms with Crippen LogP contribution in [0.4, 0.5) is 0 Å². The van der Waals surface area contributed by atoms with Crippen LogP contribution < -0.4 is 5.32 Å². The second-order valence-electron chi connectivity index (χ2n) is 5.82. The predicted octanol–water partition coefficient (Wildman–Crippen LogP) is 2.49. The summed E-state index contributed by atoms with van der Waals surface area (Å²) in [6, 6.07) is 3.83. The Balaban J connectivity index is 1.53. The average Bonchev–Trinajstić information content (AvgIpc) is 3.12. The molecule has 0 unspecified atom stereocenters. The number of nitrogens with one attached hydrogen (secondary N) is 2. The van der Waals surface area contributed by atoms with Gasteiger partial charge in [-0.05, 0) is 43.7 Å². The number of aryl methyl sites for hydroxylation is 2. The summed E-state index contributed by atoms with van der Waals surface area (Å²) in [6.07, 6.45) is 6.48. The maximum atomic E-state index is 12.2. The number of fused-ring (bicyclic) bond motifs is 1. The minimum atomic E-state index is -0.0685. The summed E-state index contributed by atoms with van der Waals surface area (Å²) >= 11 is 0. The Hall–Kier alpha value is -2.04. The van der Waals surface area contributed by atoms with Crippen molar-refractivity contribution in [1.82, 2.24) is 15.5 Å². The zero-order valence-electron chi connectivity index (χ0n) is 12.3. The molecule has 0 fully saturated rings. The number of carbonyl (C=O) groups excluding carboxylic acids is 1. The summed E-state index contributed by atoms with van der Waals surface area (Å²) in [4.78, 5) is 12.2. The molecule has 2 aromatic heterocycles. The van der Waals surface area contributed by atoms with Crippen LogP contribution in [-0.2, 0) is 19.3 Å². The largest absolute Gasteiger partial charge is 0.469 e. The predicted molar refractivity (Wildman–Crippen MR) is 79.1 cm³/mol. The average molecular weight is 287 g/mol. The molecule has 1 amide bonds. The van der Waals surface area contributed by atoms with E-state index in [1.54, 1.807) is 6.26 Å². The molecule has 0 saturated carbocycles.